The maximum absolute atomic E-state index is 4.18. The summed E-state index contributed by atoms with van der Waals surface area (Å²) in [5.41, 5.74) is 31.5. The molecule has 0 spiro atoms. The second kappa shape index (κ2) is 23.3. The van der Waals surface area contributed by atoms with Gasteiger partial charge in [0.05, 0.1) is 22.7 Å². The van der Waals surface area contributed by atoms with Crippen LogP contribution in [-0.2, 0) is 0 Å². The highest BCUT2D eigenvalue weighted by molar-refractivity contribution is 6.92. The minimum Gasteiger partial charge on any atom is -0.352 e. The van der Waals surface area contributed by atoms with Gasteiger partial charge in [-0.05, 0) is 112 Å². The third kappa shape index (κ3) is 10.2. The van der Waals surface area contributed by atoms with E-state index in [9.17, 15) is 0 Å². The first kappa shape index (κ1) is 60.7. The Labute approximate surface area is 479 Å². The summed E-state index contributed by atoms with van der Waals surface area (Å²) in [5, 5.41) is 17.5. The van der Waals surface area contributed by atoms with Gasteiger partial charge >= 0.3 is 0 Å². The fourth-order valence-corrected chi connectivity index (χ4v) is 36.9. The van der Waals surface area contributed by atoms with Crippen LogP contribution >= 0.6 is 0 Å². The van der Waals surface area contributed by atoms with E-state index in [-0.39, 0.29) is 0 Å². The zero-order valence-corrected chi connectivity index (χ0v) is 56.9. The van der Waals surface area contributed by atoms with E-state index in [4.69, 9.17) is 0 Å². The summed E-state index contributed by atoms with van der Waals surface area (Å²) >= 11 is 0. The lowest BCUT2D eigenvalue weighted by Crippen LogP contribution is -2.43. The van der Waals surface area contributed by atoms with Crippen molar-refractivity contribution in [2.75, 3.05) is 10.6 Å². The van der Waals surface area contributed by atoms with Gasteiger partial charge in [-0.25, -0.2) is 0 Å². The minimum absolute atomic E-state index is 0.516. The number of hydrogen-bond donors (Lipinski definition) is 2. The largest absolute Gasteiger partial charge is 0.352 e. The van der Waals surface area contributed by atoms with Crippen molar-refractivity contribution in [3.63, 3.8) is 0 Å². The first-order chi connectivity index (χ1) is 36.6. The van der Waals surface area contributed by atoms with Crippen LogP contribution in [0.25, 0.3) is 43.1 Å². The molecule has 0 amide bonds. The van der Waals surface area contributed by atoms with E-state index in [1.54, 1.807) is 0 Å². The van der Waals surface area contributed by atoms with Crippen molar-refractivity contribution in [2.24, 2.45) is 0 Å². The standard InChI is InChI=1S/C72H98N2Si4/c1-45(2)75(46(3)4,47(5)6)37-33-61-57-29-25-26-30-58(57)62(34-38-76(48(7)8,49(9)10)50(11)12)66-42-70-69(41-65(61)66)73-71-43-67-63(35-39-77(51(13)14,52(15)16)53(17)18)59-31-27-28-32-60(59)64(68(67)44-72(71)74-70)36-40-78(54(19)20,55(21)22)56(23)24/h25-32,41-56,73-74H,1-24H3. The number of fused-ring (bicyclic) bond motifs is 6. The van der Waals surface area contributed by atoms with Crippen LogP contribution in [0.4, 0.5) is 22.7 Å². The molecule has 0 atom stereocenters. The van der Waals surface area contributed by atoms with Gasteiger partial charge in [0.1, 0.15) is 32.3 Å². The lowest BCUT2D eigenvalue weighted by Gasteiger charge is -2.38. The van der Waals surface area contributed by atoms with E-state index in [2.05, 4.69) is 295 Å². The number of hydrogen-bond acceptors (Lipinski definition) is 2. The van der Waals surface area contributed by atoms with Crippen LogP contribution in [0.5, 0.6) is 0 Å². The van der Waals surface area contributed by atoms with Gasteiger partial charge in [0.2, 0.25) is 0 Å². The Balaban J connectivity index is 1.63. The quantitative estimate of drug-likeness (QED) is 0.0724. The number of rotatable bonds is 12. The number of anilines is 4. The molecule has 0 fully saturated rings. The highest BCUT2D eigenvalue weighted by Crippen LogP contribution is 2.49. The van der Waals surface area contributed by atoms with Crippen molar-refractivity contribution < 1.29 is 0 Å². The van der Waals surface area contributed by atoms with Gasteiger partial charge in [-0.3, -0.25) is 0 Å². The zero-order chi connectivity index (χ0) is 57.7. The molecule has 6 aromatic carbocycles. The molecular formula is C72H98N2Si4. The molecule has 0 saturated heterocycles. The SMILES string of the molecule is CC(C)[Si](C#Cc1c2ccccc2c(C#C[Si](C(C)C)(C(C)C)C(C)C)c2cc3c(cc12)Nc1cc2c(C#C[Si](C(C)C)(C(C)C)C(C)C)c4ccccc4c(C#C[Si](C(C)C)(C(C)C)C(C)C)c2cc1N3)(C(C)C)C(C)C. The fraction of sp³-hybridized carbons (Fsp3) is 0.500. The Morgan fingerprint density at radius 3 is 0.538 bits per heavy atom. The molecule has 1 heterocycles. The van der Waals surface area contributed by atoms with Gasteiger partial charge in [0, 0.05) is 43.8 Å². The Bertz CT molecular complexity index is 2950. The van der Waals surface area contributed by atoms with Crippen molar-refractivity contribution in [1.82, 2.24) is 0 Å². The van der Waals surface area contributed by atoms with Crippen LogP contribution in [0.3, 0.4) is 0 Å². The summed E-state index contributed by atoms with van der Waals surface area (Å²) in [4.78, 5) is 0. The highest BCUT2D eigenvalue weighted by atomic mass is 28.3. The van der Waals surface area contributed by atoms with Gasteiger partial charge in [-0.1, -0.05) is 238 Å². The van der Waals surface area contributed by atoms with Crippen molar-refractivity contribution in [1.29, 1.82) is 0 Å². The van der Waals surface area contributed by atoms with Crippen LogP contribution in [0.2, 0.25) is 66.5 Å². The van der Waals surface area contributed by atoms with Gasteiger partial charge in [0.15, 0.2) is 0 Å². The van der Waals surface area contributed by atoms with Gasteiger partial charge < -0.3 is 10.6 Å². The van der Waals surface area contributed by atoms with Gasteiger partial charge in [-0.2, -0.15) is 0 Å². The summed E-state index contributed by atoms with van der Waals surface area (Å²) in [6.45, 7) is 58.0. The van der Waals surface area contributed by atoms with E-state index < -0.39 is 32.3 Å². The molecule has 412 valence electrons. The third-order valence-electron chi connectivity index (χ3n) is 19.9. The summed E-state index contributed by atoms with van der Waals surface area (Å²) in [6, 6.07) is 27.6. The van der Waals surface area contributed by atoms with E-state index in [0.717, 1.165) is 66.5 Å². The number of benzene rings is 6. The predicted molar refractivity (Wildman–Crippen MR) is 361 cm³/mol. The Morgan fingerprint density at radius 1 is 0.244 bits per heavy atom. The van der Waals surface area contributed by atoms with Gasteiger partial charge in [-0.15, -0.1) is 22.2 Å². The van der Waals surface area contributed by atoms with E-state index in [0.29, 0.717) is 66.5 Å². The molecule has 7 rings (SSSR count). The Hall–Kier alpha value is -4.93. The second-order valence-electron chi connectivity index (χ2n) is 27.3. The second-order valence-corrected chi connectivity index (χ2v) is 49.6. The molecule has 0 unspecified atom stereocenters. The molecule has 0 radical (unpaired) electrons. The summed E-state index contributed by atoms with van der Waals surface area (Å²) in [6.07, 6.45) is 0. The third-order valence-corrected chi connectivity index (χ3v) is 45.1. The summed E-state index contributed by atoms with van der Waals surface area (Å²) in [7, 11) is -8.43. The fourth-order valence-electron chi connectivity index (χ4n) is 16.1. The molecule has 0 aromatic heterocycles. The Morgan fingerprint density at radius 2 is 0.397 bits per heavy atom. The van der Waals surface area contributed by atoms with E-state index >= 15 is 0 Å². The summed E-state index contributed by atoms with van der Waals surface area (Å²) < 4.78 is 0. The summed E-state index contributed by atoms with van der Waals surface area (Å²) in [5.74, 6) is 16.2. The van der Waals surface area contributed by atoms with Crippen LogP contribution in [0.1, 0.15) is 188 Å². The molecule has 1 aliphatic heterocycles. The number of nitrogens with one attached hydrogen (secondary N) is 2. The van der Waals surface area contributed by atoms with Crippen molar-refractivity contribution in [2.45, 2.75) is 233 Å². The lowest BCUT2D eigenvalue weighted by atomic mass is 9.90. The zero-order valence-electron chi connectivity index (χ0n) is 52.9. The van der Waals surface area contributed by atoms with Crippen LogP contribution in [-0.4, -0.2) is 32.3 Å². The van der Waals surface area contributed by atoms with Crippen LogP contribution < -0.4 is 10.6 Å². The molecule has 0 bridgehead atoms. The van der Waals surface area contributed by atoms with E-state index in [1.807, 2.05) is 0 Å². The molecule has 6 aromatic rings. The molecule has 6 heteroatoms. The Kier molecular flexibility index (Phi) is 18.1. The van der Waals surface area contributed by atoms with Crippen molar-refractivity contribution >= 4 is 98.1 Å². The molecule has 2 N–H and O–H groups in total. The van der Waals surface area contributed by atoms with Crippen molar-refractivity contribution in [3.05, 3.63) is 95.1 Å². The lowest BCUT2D eigenvalue weighted by molar-refractivity contribution is 0.838. The first-order valence-electron chi connectivity index (χ1n) is 30.3. The molecular weight excluding hydrogens is 1010 g/mol. The minimum atomic E-state index is -2.11. The maximum Gasteiger partial charge on any atom is 0.146 e. The first-order valence-corrected chi connectivity index (χ1v) is 39.2. The monoisotopic (exact) mass is 1100 g/mol. The molecule has 78 heavy (non-hydrogen) atoms. The van der Waals surface area contributed by atoms with Crippen LogP contribution in [0, 0.1) is 45.9 Å². The normalized spacial score (nSPS) is 13.3. The topological polar surface area (TPSA) is 24.1 Å². The molecule has 1 aliphatic rings. The molecule has 0 aliphatic carbocycles. The predicted octanol–water partition coefficient (Wildman–Crippen LogP) is 22.4. The van der Waals surface area contributed by atoms with Gasteiger partial charge in [0.25, 0.3) is 0 Å². The van der Waals surface area contributed by atoms with Crippen molar-refractivity contribution in [3.8, 4) is 45.9 Å². The molecule has 2 nitrogen and oxygen atoms in total. The maximum atomic E-state index is 4.18. The van der Waals surface area contributed by atoms with Crippen LogP contribution in [0.15, 0.2) is 72.8 Å². The smallest absolute Gasteiger partial charge is 0.146 e. The highest BCUT2D eigenvalue weighted by Gasteiger charge is 2.45. The average molecular weight is 1100 g/mol. The average Bonchev–Trinajstić information content (AvgIpc) is 3.41. The van der Waals surface area contributed by atoms with E-state index in [1.165, 1.54) is 21.5 Å². The molecule has 0 saturated carbocycles.